The van der Waals surface area contributed by atoms with E-state index in [9.17, 15) is 18.0 Å². The number of carbonyl (C=O) groups is 1. The number of hydrogen-bond donors (Lipinski definition) is 0. The van der Waals surface area contributed by atoms with Gasteiger partial charge in [0.1, 0.15) is 0 Å². The Balaban J connectivity index is 3.05. The molecule has 0 aromatic heterocycles. The molecule has 0 spiro atoms. The molecule has 0 unspecified atom stereocenters. The summed E-state index contributed by atoms with van der Waals surface area (Å²) in [6.45, 7) is 0. The Morgan fingerprint density at radius 1 is 1.38 bits per heavy atom. The van der Waals surface area contributed by atoms with Gasteiger partial charge < -0.3 is 0 Å². The van der Waals surface area contributed by atoms with E-state index in [0.29, 0.717) is 10.9 Å². The highest BCUT2D eigenvalue weighted by Crippen LogP contribution is 2.33. The van der Waals surface area contributed by atoms with Crippen LogP contribution in [0.5, 0.6) is 0 Å². The molecular formula is C10H7BrF3IO. The normalized spacial score (nSPS) is 11.6. The molecule has 1 nitrogen and oxygen atoms in total. The summed E-state index contributed by atoms with van der Waals surface area (Å²) in [5, 5.41) is 0.503. The van der Waals surface area contributed by atoms with Crippen LogP contribution in [0.1, 0.15) is 22.3 Å². The average molecular weight is 407 g/mol. The summed E-state index contributed by atoms with van der Waals surface area (Å²) in [6.07, 6.45) is -4.09. The molecule has 1 aromatic carbocycles. The minimum absolute atomic E-state index is 0.0468. The van der Waals surface area contributed by atoms with Gasteiger partial charge in [-0.3, -0.25) is 4.79 Å². The van der Waals surface area contributed by atoms with Crippen molar-refractivity contribution in [2.45, 2.75) is 12.6 Å². The fraction of sp³-hybridized carbons (Fsp3) is 0.300. The van der Waals surface area contributed by atoms with E-state index in [2.05, 4.69) is 15.9 Å². The zero-order valence-electron chi connectivity index (χ0n) is 7.94. The van der Waals surface area contributed by atoms with Crippen molar-refractivity contribution < 1.29 is 18.0 Å². The zero-order valence-corrected chi connectivity index (χ0v) is 11.7. The molecule has 1 aromatic rings. The largest absolute Gasteiger partial charge is 0.417 e. The van der Waals surface area contributed by atoms with Gasteiger partial charge in [-0.15, -0.1) is 0 Å². The van der Waals surface area contributed by atoms with E-state index >= 15 is 0 Å². The fourth-order valence-corrected chi connectivity index (χ4v) is 2.33. The van der Waals surface area contributed by atoms with Crippen LogP contribution >= 0.6 is 38.5 Å². The maximum Gasteiger partial charge on any atom is 0.417 e. The van der Waals surface area contributed by atoms with E-state index in [1.54, 1.807) is 22.6 Å². The number of alkyl halides is 4. The van der Waals surface area contributed by atoms with Gasteiger partial charge in [0.2, 0.25) is 0 Å². The molecule has 0 radical (unpaired) electrons. The lowest BCUT2D eigenvalue weighted by molar-refractivity contribution is -0.138. The Hall–Kier alpha value is -0.110. The molecule has 0 bridgehead atoms. The Kier molecular flexibility index (Phi) is 4.78. The first-order chi connectivity index (χ1) is 7.36. The summed E-state index contributed by atoms with van der Waals surface area (Å²) < 4.78 is 37.3. The third-order valence-electron chi connectivity index (χ3n) is 1.92. The molecular weight excluding hydrogens is 400 g/mol. The lowest BCUT2D eigenvalue weighted by Gasteiger charge is -2.09. The van der Waals surface area contributed by atoms with Gasteiger partial charge in [-0.25, -0.2) is 0 Å². The number of ketones is 1. The zero-order chi connectivity index (χ0) is 12.3. The second-order valence-electron chi connectivity index (χ2n) is 3.05. The van der Waals surface area contributed by atoms with Gasteiger partial charge in [0.25, 0.3) is 0 Å². The topological polar surface area (TPSA) is 17.1 Å². The Bertz CT molecular complexity index is 404. The van der Waals surface area contributed by atoms with Crippen LogP contribution in [0.15, 0.2) is 18.2 Å². The summed E-state index contributed by atoms with van der Waals surface area (Å²) in [5.74, 6) is -0.163. The number of benzene rings is 1. The van der Waals surface area contributed by atoms with Crippen LogP contribution in [0.3, 0.4) is 0 Å². The van der Waals surface area contributed by atoms with Gasteiger partial charge in [-0.2, -0.15) is 13.2 Å². The molecule has 0 saturated heterocycles. The molecule has 0 heterocycles. The van der Waals surface area contributed by atoms with Gasteiger partial charge in [-0.1, -0.05) is 22.0 Å². The van der Waals surface area contributed by atoms with Crippen molar-refractivity contribution in [2.75, 3.05) is 5.33 Å². The van der Waals surface area contributed by atoms with Crippen LogP contribution in [0.4, 0.5) is 13.2 Å². The highest BCUT2D eigenvalue weighted by molar-refractivity contribution is 14.1. The number of carbonyl (C=O) groups excluding carboxylic acids is 1. The minimum atomic E-state index is -4.37. The first-order valence-corrected chi connectivity index (χ1v) is 6.52. The quantitative estimate of drug-likeness (QED) is 0.416. The fourth-order valence-electron chi connectivity index (χ4n) is 1.15. The molecule has 0 aliphatic rings. The summed E-state index contributed by atoms with van der Waals surface area (Å²) >= 11 is 4.70. The Morgan fingerprint density at radius 2 is 2.00 bits per heavy atom. The molecule has 0 N–H and O–H groups in total. The lowest BCUT2D eigenvalue weighted by Crippen LogP contribution is -2.09. The number of rotatable bonds is 3. The smallest absolute Gasteiger partial charge is 0.294 e. The van der Waals surface area contributed by atoms with E-state index in [1.807, 2.05) is 0 Å². The Labute approximate surface area is 113 Å². The van der Waals surface area contributed by atoms with Crippen molar-refractivity contribution in [3.63, 3.8) is 0 Å². The highest BCUT2D eigenvalue weighted by atomic mass is 127. The molecule has 16 heavy (non-hydrogen) atoms. The summed E-state index contributed by atoms with van der Waals surface area (Å²) in [7, 11) is 0. The predicted molar refractivity (Wildman–Crippen MR) is 66.9 cm³/mol. The molecule has 0 saturated carbocycles. The van der Waals surface area contributed by atoms with E-state index in [-0.39, 0.29) is 15.8 Å². The molecule has 0 fully saturated rings. The lowest BCUT2D eigenvalue weighted by atomic mass is 10.1. The van der Waals surface area contributed by atoms with E-state index < -0.39 is 11.7 Å². The maximum absolute atomic E-state index is 12.4. The highest BCUT2D eigenvalue weighted by Gasteiger charge is 2.32. The summed E-state index contributed by atoms with van der Waals surface area (Å²) in [4.78, 5) is 11.4. The van der Waals surface area contributed by atoms with Crippen molar-refractivity contribution in [1.29, 1.82) is 0 Å². The molecule has 0 amide bonds. The first-order valence-electron chi connectivity index (χ1n) is 4.32. The molecule has 6 heteroatoms. The summed E-state index contributed by atoms with van der Waals surface area (Å²) in [5.41, 5.74) is -0.389. The van der Waals surface area contributed by atoms with Crippen LogP contribution in [0.25, 0.3) is 0 Å². The molecule has 1 rings (SSSR count). The van der Waals surface area contributed by atoms with E-state index in [0.717, 1.165) is 6.07 Å². The van der Waals surface area contributed by atoms with Crippen LogP contribution in [0, 0.1) is 3.57 Å². The SMILES string of the molecule is O=C(CCBr)c1ccc(C(F)(F)F)c(I)c1. The Morgan fingerprint density at radius 3 is 2.44 bits per heavy atom. The molecule has 0 aliphatic carbocycles. The second kappa shape index (κ2) is 5.48. The first kappa shape index (κ1) is 14.0. The number of Topliss-reactive ketones (excluding diaryl/α,β-unsaturated/α-hetero) is 1. The van der Waals surface area contributed by atoms with Gasteiger partial charge in [0.15, 0.2) is 5.78 Å². The van der Waals surface area contributed by atoms with Crippen LogP contribution in [-0.2, 0) is 6.18 Å². The van der Waals surface area contributed by atoms with Crippen molar-refractivity contribution in [1.82, 2.24) is 0 Å². The van der Waals surface area contributed by atoms with Gasteiger partial charge in [0, 0.05) is 20.9 Å². The van der Waals surface area contributed by atoms with E-state index in [1.165, 1.54) is 12.1 Å². The van der Waals surface area contributed by atoms with Gasteiger partial charge in [0.05, 0.1) is 5.56 Å². The molecule has 88 valence electrons. The standard InChI is InChI=1S/C10H7BrF3IO/c11-4-3-9(16)6-1-2-7(8(15)5-6)10(12,13)14/h1-2,5H,3-4H2. The maximum atomic E-state index is 12.4. The van der Waals surface area contributed by atoms with Crippen molar-refractivity contribution in [3.05, 3.63) is 32.9 Å². The van der Waals surface area contributed by atoms with Crippen molar-refractivity contribution in [2.24, 2.45) is 0 Å². The van der Waals surface area contributed by atoms with Crippen LogP contribution < -0.4 is 0 Å². The van der Waals surface area contributed by atoms with Gasteiger partial charge >= 0.3 is 6.18 Å². The summed E-state index contributed by atoms with van der Waals surface area (Å²) in [6, 6.07) is 3.44. The van der Waals surface area contributed by atoms with Crippen molar-refractivity contribution in [3.8, 4) is 0 Å². The number of hydrogen-bond acceptors (Lipinski definition) is 1. The predicted octanol–water partition coefficient (Wildman–Crippen LogP) is 4.28. The second-order valence-corrected chi connectivity index (χ2v) is 5.01. The molecule has 0 aliphatic heterocycles. The monoisotopic (exact) mass is 406 g/mol. The van der Waals surface area contributed by atoms with Crippen molar-refractivity contribution >= 4 is 44.3 Å². The van der Waals surface area contributed by atoms with Crippen LogP contribution in [0.2, 0.25) is 0 Å². The van der Waals surface area contributed by atoms with Crippen LogP contribution in [-0.4, -0.2) is 11.1 Å². The molecule has 0 atom stereocenters. The van der Waals surface area contributed by atoms with E-state index in [4.69, 9.17) is 0 Å². The third-order valence-corrected chi connectivity index (χ3v) is 3.21. The number of halogens is 5. The average Bonchev–Trinajstić information content (AvgIpc) is 2.16. The third kappa shape index (κ3) is 3.44. The minimum Gasteiger partial charge on any atom is -0.294 e. The van der Waals surface area contributed by atoms with Gasteiger partial charge in [-0.05, 0) is 34.7 Å².